The molecule has 1 saturated heterocycles. The van der Waals surface area contributed by atoms with Crippen LogP contribution in [0.25, 0.3) is 0 Å². The van der Waals surface area contributed by atoms with Crippen molar-refractivity contribution in [2.75, 3.05) is 6.54 Å². The molecule has 0 aromatic rings. The number of aliphatic hydroxyl groups excluding tert-OH is 1. The van der Waals surface area contributed by atoms with Gasteiger partial charge in [0.05, 0.1) is 12.2 Å². The Labute approximate surface area is 78.0 Å². The molecule has 0 aromatic carbocycles. The third-order valence-electron chi connectivity index (χ3n) is 2.85. The van der Waals surface area contributed by atoms with Crippen LogP contribution in [0.3, 0.4) is 0 Å². The van der Waals surface area contributed by atoms with E-state index >= 15 is 0 Å². The third kappa shape index (κ3) is 1.48. The molecule has 0 radical (unpaired) electrons. The van der Waals surface area contributed by atoms with Crippen LogP contribution in [0.15, 0.2) is 0 Å². The average molecular weight is 187 g/mol. The summed E-state index contributed by atoms with van der Waals surface area (Å²) >= 11 is 0. The Kier molecular flexibility index (Phi) is 2.11. The maximum absolute atomic E-state index is 9.67. The summed E-state index contributed by atoms with van der Waals surface area (Å²) in [6.45, 7) is 4.29. The summed E-state index contributed by atoms with van der Waals surface area (Å²) in [6.07, 6.45) is 0.0842. The smallest absolute Gasteiger partial charge is 0.163 e. The summed E-state index contributed by atoms with van der Waals surface area (Å²) in [4.78, 5) is 0. The molecule has 4 nitrogen and oxygen atoms in total. The lowest BCUT2D eigenvalue weighted by molar-refractivity contribution is -0.166. The largest absolute Gasteiger partial charge is 0.390 e. The molecule has 4 heteroatoms. The lowest BCUT2D eigenvalue weighted by Crippen LogP contribution is -2.30. The van der Waals surface area contributed by atoms with Gasteiger partial charge in [-0.1, -0.05) is 0 Å². The first-order chi connectivity index (χ1) is 6.03. The van der Waals surface area contributed by atoms with Gasteiger partial charge in [-0.2, -0.15) is 0 Å². The van der Waals surface area contributed by atoms with Crippen LogP contribution in [-0.2, 0) is 9.47 Å². The Balaban J connectivity index is 2.12. The van der Waals surface area contributed by atoms with E-state index in [0.29, 0.717) is 13.0 Å². The number of hydrogen-bond acceptors (Lipinski definition) is 4. The van der Waals surface area contributed by atoms with Gasteiger partial charge in [0.15, 0.2) is 5.79 Å². The standard InChI is InChI=1S/C9H17NO3/c1-9(2)12-7-5(4-10)3-6(11)8(7)13-9/h5-8,11H,3-4,10H2,1-2H3/t5-,6+,7-,8+/m1/s1. The van der Waals surface area contributed by atoms with E-state index in [2.05, 4.69) is 0 Å². The van der Waals surface area contributed by atoms with Crippen molar-refractivity contribution in [2.45, 2.75) is 44.4 Å². The van der Waals surface area contributed by atoms with E-state index in [4.69, 9.17) is 15.2 Å². The van der Waals surface area contributed by atoms with Crippen molar-refractivity contribution in [3.05, 3.63) is 0 Å². The zero-order valence-electron chi connectivity index (χ0n) is 8.06. The van der Waals surface area contributed by atoms with Gasteiger partial charge in [-0.25, -0.2) is 0 Å². The number of rotatable bonds is 1. The summed E-state index contributed by atoms with van der Waals surface area (Å²) in [6, 6.07) is 0. The topological polar surface area (TPSA) is 64.7 Å². The molecule has 4 atom stereocenters. The SMILES string of the molecule is CC1(C)O[C@@H]2[C@@H](CN)C[C@H](O)[C@@H]2O1. The van der Waals surface area contributed by atoms with Crippen molar-refractivity contribution < 1.29 is 14.6 Å². The molecule has 1 saturated carbocycles. The molecule has 0 unspecified atom stereocenters. The highest BCUT2D eigenvalue weighted by molar-refractivity contribution is 4.98. The van der Waals surface area contributed by atoms with Gasteiger partial charge in [-0.15, -0.1) is 0 Å². The van der Waals surface area contributed by atoms with Gasteiger partial charge < -0.3 is 20.3 Å². The molecule has 1 heterocycles. The molecular weight excluding hydrogens is 170 g/mol. The fourth-order valence-electron chi connectivity index (χ4n) is 2.29. The molecule has 0 amide bonds. The molecule has 0 spiro atoms. The van der Waals surface area contributed by atoms with Crippen molar-refractivity contribution in [1.29, 1.82) is 0 Å². The first kappa shape index (κ1) is 9.40. The molecule has 2 rings (SSSR count). The van der Waals surface area contributed by atoms with Gasteiger partial charge in [0.25, 0.3) is 0 Å². The van der Waals surface area contributed by atoms with E-state index in [-0.39, 0.29) is 18.1 Å². The maximum atomic E-state index is 9.67. The van der Waals surface area contributed by atoms with Crippen LogP contribution in [0.1, 0.15) is 20.3 Å². The van der Waals surface area contributed by atoms with Gasteiger partial charge >= 0.3 is 0 Å². The predicted molar refractivity (Wildman–Crippen MR) is 47.0 cm³/mol. The van der Waals surface area contributed by atoms with Crippen molar-refractivity contribution >= 4 is 0 Å². The van der Waals surface area contributed by atoms with Crippen LogP contribution in [-0.4, -0.2) is 35.8 Å². The summed E-state index contributed by atoms with van der Waals surface area (Å²) < 4.78 is 11.3. The Morgan fingerprint density at radius 3 is 2.62 bits per heavy atom. The van der Waals surface area contributed by atoms with Crippen LogP contribution in [0, 0.1) is 5.92 Å². The molecule has 2 aliphatic rings. The zero-order chi connectivity index (χ0) is 9.64. The molecule has 0 aromatic heterocycles. The minimum absolute atomic E-state index is 0.0185. The molecule has 1 aliphatic carbocycles. The fraction of sp³-hybridized carbons (Fsp3) is 1.00. The van der Waals surface area contributed by atoms with Crippen LogP contribution < -0.4 is 5.73 Å². The number of nitrogens with two attached hydrogens (primary N) is 1. The second-order valence-electron chi connectivity index (χ2n) is 4.36. The highest BCUT2D eigenvalue weighted by Gasteiger charge is 2.52. The summed E-state index contributed by atoms with van der Waals surface area (Å²) in [5.74, 6) is -0.328. The first-order valence-corrected chi connectivity index (χ1v) is 4.77. The number of aliphatic hydroxyl groups is 1. The highest BCUT2D eigenvalue weighted by atomic mass is 16.8. The summed E-state index contributed by atoms with van der Waals surface area (Å²) in [5, 5.41) is 9.67. The first-order valence-electron chi connectivity index (χ1n) is 4.77. The Morgan fingerprint density at radius 1 is 1.38 bits per heavy atom. The van der Waals surface area contributed by atoms with E-state index in [1.165, 1.54) is 0 Å². The summed E-state index contributed by atoms with van der Waals surface area (Å²) in [7, 11) is 0. The van der Waals surface area contributed by atoms with Gasteiger partial charge in [0, 0.05) is 5.92 Å². The molecule has 2 fully saturated rings. The van der Waals surface area contributed by atoms with Crippen LogP contribution in [0.5, 0.6) is 0 Å². The minimum Gasteiger partial charge on any atom is -0.390 e. The normalized spacial score (nSPS) is 48.0. The van der Waals surface area contributed by atoms with Crippen LogP contribution >= 0.6 is 0 Å². The number of fused-ring (bicyclic) bond motifs is 1. The Hall–Kier alpha value is -0.160. The minimum atomic E-state index is -0.565. The summed E-state index contributed by atoms with van der Waals surface area (Å²) in [5.41, 5.74) is 5.59. The maximum Gasteiger partial charge on any atom is 0.163 e. The second kappa shape index (κ2) is 2.92. The highest BCUT2D eigenvalue weighted by Crippen LogP contribution is 2.40. The number of hydrogen-bond donors (Lipinski definition) is 2. The van der Waals surface area contributed by atoms with E-state index < -0.39 is 11.9 Å². The second-order valence-corrected chi connectivity index (χ2v) is 4.36. The van der Waals surface area contributed by atoms with Crippen molar-refractivity contribution in [3.63, 3.8) is 0 Å². The molecule has 1 aliphatic heterocycles. The van der Waals surface area contributed by atoms with Crippen molar-refractivity contribution in [1.82, 2.24) is 0 Å². The van der Waals surface area contributed by atoms with E-state index in [9.17, 15) is 5.11 Å². The van der Waals surface area contributed by atoms with Gasteiger partial charge in [-0.3, -0.25) is 0 Å². The van der Waals surface area contributed by atoms with Gasteiger partial charge in [-0.05, 0) is 26.8 Å². The van der Waals surface area contributed by atoms with Gasteiger partial charge in [0.1, 0.15) is 6.10 Å². The van der Waals surface area contributed by atoms with Crippen LogP contribution in [0.2, 0.25) is 0 Å². The van der Waals surface area contributed by atoms with Crippen LogP contribution in [0.4, 0.5) is 0 Å². The molecule has 13 heavy (non-hydrogen) atoms. The van der Waals surface area contributed by atoms with Crippen molar-refractivity contribution in [3.8, 4) is 0 Å². The zero-order valence-corrected chi connectivity index (χ0v) is 8.06. The molecule has 76 valence electrons. The van der Waals surface area contributed by atoms with E-state index in [1.807, 2.05) is 13.8 Å². The fourth-order valence-corrected chi connectivity index (χ4v) is 2.29. The Bertz CT molecular complexity index is 207. The quantitative estimate of drug-likeness (QED) is 0.599. The van der Waals surface area contributed by atoms with E-state index in [0.717, 1.165) is 0 Å². The lowest BCUT2D eigenvalue weighted by Gasteiger charge is -2.21. The van der Waals surface area contributed by atoms with Crippen molar-refractivity contribution in [2.24, 2.45) is 11.7 Å². The lowest BCUT2D eigenvalue weighted by atomic mass is 10.1. The third-order valence-corrected chi connectivity index (χ3v) is 2.85. The average Bonchev–Trinajstić information content (AvgIpc) is 2.47. The predicted octanol–water partition coefficient (Wildman–Crippen LogP) is -0.154. The van der Waals surface area contributed by atoms with Gasteiger partial charge in [0.2, 0.25) is 0 Å². The Morgan fingerprint density at radius 2 is 2.00 bits per heavy atom. The monoisotopic (exact) mass is 187 g/mol. The molecule has 3 N–H and O–H groups in total. The molecule has 0 bridgehead atoms. The molecular formula is C9H17NO3. The van der Waals surface area contributed by atoms with E-state index in [1.54, 1.807) is 0 Å². The number of ether oxygens (including phenoxy) is 2.